The van der Waals surface area contributed by atoms with Crippen LogP contribution in [0, 0.1) is 5.92 Å². The second-order valence-electron chi connectivity index (χ2n) is 5.72. The van der Waals surface area contributed by atoms with Crippen LogP contribution in [0.1, 0.15) is 31.2 Å². The Kier molecular flexibility index (Phi) is 3.48. The second-order valence-corrected chi connectivity index (χ2v) is 6.58. The minimum atomic E-state index is 0.154. The molecule has 2 aliphatic carbocycles. The third kappa shape index (κ3) is 2.61. The molecule has 3 nitrogen and oxygen atoms in total. The van der Waals surface area contributed by atoms with E-state index < -0.39 is 0 Å². The number of rotatable bonds is 6. The van der Waals surface area contributed by atoms with Gasteiger partial charge in [-0.15, -0.1) is 0 Å². The van der Waals surface area contributed by atoms with Crippen LogP contribution in [0.2, 0.25) is 0 Å². The second kappa shape index (κ2) is 4.98. The number of hydrogen-bond donors (Lipinski definition) is 1. The standard InChI is InChI=1S/C15H20BrNO2/c1-18-13-6-11(15(9-17)4-5-15)12(16)7-14(13)19-8-10-2-3-10/h6-7,10H,2-5,8-9,17H2,1H3. The van der Waals surface area contributed by atoms with Gasteiger partial charge >= 0.3 is 0 Å². The molecular formula is C15H20BrNO2. The van der Waals surface area contributed by atoms with Gasteiger partial charge < -0.3 is 15.2 Å². The summed E-state index contributed by atoms with van der Waals surface area (Å²) in [6.45, 7) is 1.49. The Morgan fingerprint density at radius 3 is 2.58 bits per heavy atom. The average Bonchev–Trinajstić information content (AvgIpc) is 3.30. The van der Waals surface area contributed by atoms with Crippen molar-refractivity contribution in [3.63, 3.8) is 0 Å². The van der Waals surface area contributed by atoms with Crippen LogP contribution in [0.3, 0.4) is 0 Å². The lowest BCUT2D eigenvalue weighted by molar-refractivity contribution is 0.280. The van der Waals surface area contributed by atoms with Crippen LogP contribution in [0.25, 0.3) is 0 Å². The van der Waals surface area contributed by atoms with Crippen LogP contribution in [0.15, 0.2) is 16.6 Å². The Bertz CT molecular complexity index is 481. The zero-order valence-electron chi connectivity index (χ0n) is 11.2. The molecule has 1 aromatic carbocycles. The summed E-state index contributed by atoms with van der Waals surface area (Å²) in [5.74, 6) is 2.39. The van der Waals surface area contributed by atoms with Gasteiger partial charge in [0.05, 0.1) is 13.7 Å². The van der Waals surface area contributed by atoms with E-state index in [0.717, 1.165) is 41.3 Å². The van der Waals surface area contributed by atoms with Crippen molar-refractivity contribution >= 4 is 15.9 Å². The average molecular weight is 326 g/mol. The van der Waals surface area contributed by atoms with Gasteiger partial charge in [-0.2, -0.15) is 0 Å². The molecule has 0 radical (unpaired) electrons. The molecule has 104 valence electrons. The highest BCUT2D eigenvalue weighted by Crippen LogP contribution is 2.52. The number of halogens is 1. The summed E-state index contributed by atoms with van der Waals surface area (Å²) in [6, 6.07) is 4.12. The summed E-state index contributed by atoms with van der Waals surface area (Å²) in [6.07, 6.45) is 4.90. The van der Waals surface area contributed by atoms with Gasteiger partial charge in [-0.25, -0.2) is 0 Å². The van der Waals surface area contributed by atoms with Gasteiger partial charge in [0.1, 0.15) is 0 Å². The van der Waals surface area contributed by atoms with E-state index in [1.165, 1.54) is 18.4 Å². The van der Waals surface area contributed by atoms with Gasteiger partial charge in [0.25, 0.3) is 0 Å². The lowest BCUT2D eigenvalue weighted by Crippen LogP contribution is -2.20. The van der Waals surface area contributed by atoms with Crippen LogP contribution < -0.4 is 15.2 Å². The molecule has 2 fully saturated rings. The van der Waals surface area contributed by atoms with E-state index >= 15 is 0 Å². The molecule has 3 rings (SSSR count). The summed E-state index contributed by atoms with van der Waals surface area (Å²) in [4.78, 5) is 0. The van der Waals surface area contributed by atoms with Gasteiger partial charge in [-0.05, 0) is 49.3 Å². The Morgan fingerprint density at radius 1 is 1.32 bits per heavy atom. The van der Waals surface area contributed by atoms with E-state index in [1.54, 1.807) is 7.11 Å². The highest BCUT2D eigenvalue weighted by molar-refractivity contribution is 9.10. The van der Waals surface area contributed by atoms with E-state index in [1.807, 2.05) is 6.07 Å². The lowest BCUT2D eigenvalue weighted by atomic mass is 9.96. The maximum Gasteiger partial charge on any atom is 0.162 e. The Morgan fingerprint density at radius 2 is 2.05 bits per heavy atom. The van der Waals surface area contributed by atoms with Crippen molar-refractivity contribution < 1.29 is 9.47 Å². The van der Waals surface area contributed by atoms with Crippen molar-refractivity contribution in [1.82, 2.24) is 0 Å². The van der Waals surface area contributed by atoms with Gasteiger partial charge in [-0.1, -0.05) is 15.9 Å². The third-order valence-electron chi connectivity index (χ3n) is 4.24. The molecule has 4 heteroatoms. The molecule has 0 bridgehead atoms. The number of ether oxygens (including phenoxy) is 2. The molecule has 0 aromatic heterocycles. The lowest BCUT2D eigenvalue weighted by Gasteiger charge is -2.19. The van der Waals surface area contributed by atoms with E-state index in [-0.39, 0.29) is 5.41 Å². The van der Waals surface area contributed by atoms with Gasteiger partial charge in [0, 0.05) is 16.4 Å². The van der Waals surface area contributed by atoms with E-state index in [2.05, 4.69) is 22.0 Å². The molecule has 2 saturated carbocycles. The van der Waals surface area contributed by atoms with E-state index in [9.17, 15) is 0 Å². The molecule has 0 spiro atoms. The largest absolute Gasteiger partial charge is 0.493 e. The molecular weight excluding hydrogens is 306 g/mol. The first kappa shape index (κ1) is 13.3. The van der Waals surface area contributed by atoms with Crippen LogP contribution in [-0.2, 0) is 5.41 Å². The first-order chi connectivity index (χ1) is 9.18. The maximum absolute atomic E-state index is 5.91. The van der Waals surface area contributed by atoms with Crippen LogP contribution in [0.4, 0.5) is 0 Å². The molecule has 0 amide bonds. The fraction of sp³-hybridized carbons (Fsp3) is 0.600. The van der Waals surface area contributed by atoms with Crippen LogP contribution >= 0.6 is 15.9 Å². The van der Waals surface area contributed by atoms with Crippen molar-refractivity contribution in [1.29, 1.82) is 0 Å². The van der Waals surface area contributed by atoms with Crippen molar-refractivity contribution in [2.75, 3.05) is 20.3 Å². The number of hydrogen-bond acceptors (Lipinski definition) is 3. The first-order valence-electron chi connectivity index (χ1n) is 6.89. The number of nitrogens with two attached hydrogens (primary N) is 1. The first-order valence-corrected chi connectivity index (χ1v) is 7.69. The molecule has 0 atom stereocenters. The summed E-state index contributed by atoms with van der Waals surface area (Å²) in [5.41, 5.74) is 7.32. The van der Waals surface area contributed by atoms with Crippen LogP contribution in [-0.4, -0.2) is 20.3 Å². The zero-order chi connectivity index (χ0) is 13.5. The number of benzene rings is 1. The third-order valence-corrected chi connectivity index (χ3v) is 4.90. The predicted molar refractivity (Wildman–Crippen MR) is 78.9 cm³/mol. The van der Waals surface area contributed by atoms with E-state index in [4.69, 9.17) is 15.2 Å². The van der Waals surface area contributed by atoms with Crippen molar-refractivity contribution in [2.45, 2.75) is 31.1 Å². The SMILES string of the molecule is COc1cc(C2(CN)CC2)c(Br)cc1OCC1CC1. The topological polar surface area (TPSA) is 44.5 Å². The van der Waals surface area contributed by atoms with Crippen molar-refractivity contribution in [3.05, 3.63) is 22.2 Å². The van der Waals surface area contributed by atoms with Crippen molar-refractivity contribution in [3.8, 4) is 11.5 Å². The molecule has 0 saturated heterocycles. The normalized spacial score (nSPS) is 20.2. The highest BCUT2D eigenvalue weighted by atomic mass is 79.9. The summed E-state index contributed by atoms with van der Waals surface area (Å²) in [7, 11) is 1.69. The van der Waals surface area contributed by atoms with Gasteiger partial charge in [-0.3, -0.25) is 0 Å². The fourth-order valence-electron chi connectivity index (χ4n) is 2.44. The fourth-order valence-corrected chi connectivity index (χ4v) is 3.18. The molecule has 19 heavy (non-hydrogen) atoms. The van der Waals surface area contributed by atoms with Gasteiger partial charge in [0.15, 0.2) is 11.5 Å². The predicted octanol–water partition coefficient (Wildman–Crippen LogP) is 3.24. The van der Waals surface area contributed by atoms with Gasteiger partial charge in [0.2, 0.25) is 0 Å². The monoisotopic (exact) mass is 325 g/mol. The molecule has 1 aromatic rings. The Balaban J connectivity index is 1.86. The highest BCUT2D eigenvalue weighted by Gasteiger charge is 2.44. The summed E-state index contributed by atoms with van der Waals surface area (Å²) in [5, 5.41) is 0. The summed E-state index contributed by atoms with van der Waals surface area (Å²) >= 11 is 3.66. The molecule has 0 unspecified atom stereocenters. The minimum absolute atomic E-state index is 0.154. The summed E-state index contributed by atoms with van der Waals surface area (Å²) < 4.78 is 12.4. The maximum atomic E-state index is 5.91. The molecule has 0 heterocycles. The molecule has 0 aliphatic heterocycles. The Labute approximate surface area is 122 Å². The molecule has 2 N–H and O–H groups in total. The Hall–Kier alpha value is -0.740. The van der Waals surface area contributed by atoms with Crippen LogP contribution in [0.5, 0.6) is 11.5 Å². The number of methoxy groups -OCH3 is 1. The molecule has 2 aliphatic rings. The quantitative estimate of drug-likeness (QED) is 0.873. The van der Waals surface area contributed by atoms with Crippen molar-refractivity contribution in [2.24, 2.45) is 11.7 Å². The smallest absolute Gasteiger partial charge is 0.162 e. The van der Waals surface area contributed by atoms with E-state index in [0.29, 0.717) is 6.54 Å². The zero-order valence-corrected chi connectivity index (χ0v) is 12.8. The minimum Gasteiger partial charge on any atom is -0.493 e.